The van der Waals surface area contributed by atoms with E-state index in [1.165, 1.54) is 12.1 Å². The highest BCUT2D eigenvalue weighted by Gasteiger charge is 2.19. The van der Waals surface area contributed by atoms with Crippen molar-refractivity contribution in [1.82, 2.24) is 0 Å². The summed E-state index contributed by atoms with van der Waals surface area (Å²) in [6.07, 6.45) is 0. The van der Waals surface area contributed by atoms with E-state index in [0.29, 0.717) is 10.0 Å². The van der Waals surface area contributed by atoms with E-state index >= 15 is 0 Å². The number of nitro benzene ring substituents is 1. The van der Waals surface area contributed by atoms with Gasteiger partial charge >= 0.3 is 5.69 Å². The van der Waals surface area contributed by atoms with Gasteiger partial charge in [0.1, 0.15) is 5.75 Å². The van der Waals surface area contributed by atoms with E-state index in [4.69, 9.17) is 33.2 Å². The Morgan fingerprint density at radius 3 is 2.48 bits per heavy atom. The third kappa shape index (κ3) is 3.64. The zero-order valence-corrected chi connectivity index (χ0v) is 13.2. The Morgan fingerprint density at radius 2 is 1.86 bits per heavy atom. The molecule has 2 rings (SSSR count). The van der Waals surface area contributed by atoms with Crippen LogP contribution in [-0.2, 0) is 0 Å². The first-order chi connectivity index (χ1) is 9.90. The minimum atomic E-state index is -0.624. The maximum Gasteiger partial charge on any atom is 0.313 e. The smallest absolute Gasteiger partial charge is 0.313 e. The van der Waals surface area contributed by atoms with Crippen molar-refractivity contribution in [1.29, 1.82) is 5.26 Å². The molecule has 0 unspecified atom stereocenters. The summed E-state index contributed by atoms with van der Waals surface area (Å²) in [4.78, 5) is 10.4. The number of nitrogens with zero attached hydrogens (tertiary/aromatic N) is 2. The van der Waals surface area contributed by atoms with Crippen molar-refractivity contribution >= 4 is 44.8 Å². The van der Waals surface area contributed by atoms with Crippen molar-refractivity contribution in [3.8, 4) is 17.6 Å². The first kappa shape index (κ1) is 15.6. The third-order valence-electron chi connectivity index (χ3n) is 2.43. The minimum absolute atomic E-state index is 0.0580. The van der Waals surface area contributed by atoms with Gasteiger partial charge in [0.2, 0.25) is 5.75 Å². The zero-order valence-electron chi connectivity index (χ0n) is 10.1. The average molecular weight is 388 g/mol. The summed E-state index contributed by atoms with van der Waals surface area (Å²) >= 11 is 14.8. The maximum atomic E-state index is 11.0. The Hall–Kier alpha value is -1.81. The fourth-order valence-corrected chi connectivity index (χ4v) is 2.34. The molecule has 0 amide bonds. The fraction of sp³-hybridized carbons (Fsp3) is 0. The van der Waals surface area contributed by atoms with E-state index in [9.17, 15) is 10.1 Å². The van der Waals surface area contributed by atoms with Crippen LogP contribution in [0.3, 0.4) is 0 Å². The zero-order chi connectivity index (χ0) is 15.6. The van der Waals surface area contributed by atoms with E-state index in [0.717, 1.165) is 6.07 Å². The molecule has 0 aromatic heterocycles. The highest BCUT2D eigenvalue weighted by molar-refractivity contribution is 9.10. The molecule has 0 radical (unpaired) electrons. The molecule has 0 aliphatic rings. The van der Waals surface area contributed by atoms with Gasteiger partial charge in [-0.1, -0.05) is 39.1 Å². The molecule has 0 aliphatic heterocycles. The standard InChI is InChI=1S/C13H5BrCl2N2O3/c14-8-1-7(6-17)2-9(3-8)21-13-5-11(16)10(15)4-12(13)18(19)20/h1-5H. The number of hydrogen-bond donors (Lipinski definition) is 0. The van der Waals surface area contributed by atoms with E-state index in [-0.39, 0.29) is 27.2 Å². The SMILES string of the molecule is N#Cc1cc(Br)cc(Oc2cc(Cl)c(Cl)cc2[N+](=O)[O-])c1. The van der Waals surface area contributed by atoms with Crippen LogP contribution in [0.4, 0.5) is 5.69 Å². The van der Waals surface area contributed by atoms with E-state index < -0.39 is 4.92 Å². The van der Waals surface area contributed by atoms with Gasteiger partial charge in [0.05, 0.1) is 26.6 Å². The number of hydrogen-bond acceptors (Lipinski definition) is 4. The highest BCUT2D eigenvalue weighted by Crippen LogP contribution is 2.38. The summed E-state index contributed by atoms with van der Waals surface area (Å²) in [6, 6.07) is 8.96. The minimum Gasteiger partial charge on any atom is -0.450 e. The lowest BCUT2D eigenvalue weighted by atomic mass is 10.2. The Balaban J connectivity index is 2.49. The summed E-state index contributed by atoms with van der Waals surface area (Å²) < 4.78 is 6.07. The average Bonchev–Trinajstić information content (AvgIpc) is 2.41. The predicted molar refractivity (Wildman–Crippen MR) is 82.0 cm³/mol. The molecule has 2 aromatic rings. The second-order valence-electron chi connectivity index (χ2n) is 3.88. The van der Waals surface area contributed by atoms with Crippen LogP contribution in [0.15, 0.2) is 34.8 Å². The number of nitriles is 1. The van der Waals surface area contributed by atoms with Crippen LogP contribution < -0.4 is 4.74 Å². The normalized spacial score (nSPS) is 10.0. The third-order valence-corrected chi connectivity index (χ3v) is 3.61. The molecule has 21 heavy (non-hydrogen) atoms. The molecule has 0 saturated heterocycles. The van der Waals surface area contributed by atoms with Crippen LogP contribution in [0.5, 0.6) is 11.5 Å². The summed E-state index contributed by atoms with van der Waals surface area (Å²) in [7, 11) is 0. The van der Waals surface area contributed by atoms with Crippen LogP contribution >= 0.6 is 39.1 Å². The van der Waals surface area contributed by atoms with Crippen molar-refractivity contribution in [2.75, 3.05) is 0 Å². The number of rotatable bonds is 3. The molecule has 0 bridgehead atoms. The molecule has 0 N–H and O–H groups in total. The molecule has 106 valence electrons. The summed E-state index contributed by atoms with van der Waals surface area (Å²) in [5, 5.41) is 20.1. The van der Waals surface area contributed by atoms with Gasteiger partial charge in [-0.05, 0) is 18.2 Å². The molecule has 5 nitrogen and oxygen atoms in total. The summed E-state index contributed by atoms with van der Waals surface area (Å²) in [6.45, 7) is 0. The second kappa shape index (κ2) is 6.31. The van der Waals surface area contributed by atoms with E-state index in [2.05, 4.69) is 15.9 Å². The van der Waals surface area contributed by atoms with Crippen LogP contribution in [0.25, 0.3) is 0 Å². The van der Waals surface area contributed by atoms with Crippen molar-refractivity contribution in [2.45, 2.75) is 0 Å². The van der Waals surface area contributed by atoms with Gasteiger partial charge in [-0.3, -0.25) is 10.1 Å². The monoisotopic (exact) mass is 386 g/mol. The van der Waals surface area contributed by atoms with Gasteiger partial charge in [0.25, 0.3) is 0 Å². The lowest BCUT2D eigenvalue weighted by molar-refractivity contribution is -0.385. The lowest BCUT2D eigenvalue weighted by Crippen LogP contribution is -1.94. The van der Waals surface area contributed by atoms with E-state index in [1.807, 2.05) is 6.07 Å². The molecule has 0 atom stereocenters. The van der Waals surface area contributed by atoms with Crippen LogP contribution in [0.1, 0.15) is 5.56 Å². The van der Waals surface area contributed by atoms with Crippen molar-refractivity contribution in [2.24, 2.45) is 0 Å². The molecule has 2 aromatic carbocycles. The number of halogens is 3. The van der Waals surface area contributed by atoms with Crippen molar-refractivity contribution < 1.29 is 9.66 Å². The highest BCUT2D eigenvalue weighted by atomic mass is 79.9. The molecule has 0 fully saturated rings. The Morgan fingerprint density at radius 1 is 1.19 bits per heavy atom. The van der Waals surface area contributed by atoms with Crippen LogP contribution in [0, 0.1) is 21.4 Å². The quantitative estimate of drug-likeness (QED) is 0.526. The van der Waals surface area contributed by atoms with Gasteiger partial charge in [0.15, 0.2) is 0 Å². The largest absolute Gasteiger partial charge is 0.450 e. The van der Waals surface area contributed by atoms with Crippen molar-refractivity contribution in [3.05, 3.63) is 60.5 Å². The van der Waals surface area contributed by atoms with Gasteiger partial charge < -0.3 is 4.74 Å². The molecule has 0 heterocycles. The molecule has 0 aliphatic carbocycles. The molecule has 0 saturated carbocycles. The molecular formula is C13H5BrCl2N2O3. The second-order valence-corrected chi connectivity index (χ2v) is 5.61. The summed E-state index contributed by atoms with van der Waals surface area (Å²) in [5.74, 6) is 0.207. The number of nitro groups is 1. The van der Waals surface area contributed by atoms with Crippen LogP contribution in [-0.4, -0.2) is 4.92 Å². The van der Waals surface area contributed by atoms with Gasteiger partial charge in [-0.25, -0.2) is 0 Å². The Kier molecular flexibility index (Phi) is 4.68. The van der Waals surface area contributed by atoms with Gasteiger partial charge in [0, 0.05) is 16.6 Å². The van der Waals surface area contributed by atoms with Crippen molar-refractivity contribution in [3.63, 3.8) is 0 Å². The summed E-state index contributed by atoms with van der Waals surface area (Å²) in [5.41, 5.74) is 0.0324. The lowest BCUT2D eigenvalue weighted by Gasteiger charge is -2.08. The Labute approximate surface area is 137 Å². The van der Waals surface area contributed by atoms with Crippen LogP contribution in [0.2, 0.25) is 10.0 Å². The van der Waals surface area contributed by atoms with Gasteiger partial charge in [-0.15, -0.1) is 0 Å². The fourth-order valence-electron chi connectivity index (χ4n) is 1.56. The molecule has 0 spiro atoms. The Bertz CT molecular complexity index is 775. The van der Waals surface area contributed by atoms with Gasteiger partial charge in [-0.2, -0.15) is 5.26 Å². The number of benzene rings is 2. The topological polar surface area (TPSA) is 76.2 Å². The maximum absolute atomic E-state index is 11.0. The predicted octanol–water partition coefficient (Wildman–Crippen LogP) is 5.33. The molecule has 8 heteroatoms. The van der Waals surface area contributed by atoms with E-state index in [1.54, 1.807) is 12.1 Å². The number of ether oxygens (including phenoxy) is 1. The first-order valence-corrected chi connectivity index (χ1v) is 6.97. The molecular weight excluding hydrogens is 383 g/mol. The first-order valence-electron chi connectivity index (χ1n) is 5.42.